The predicted molar refractivity (Wildman–Crippen MR) is 110 cm³/mol. The molecular formula is C20H19N5O2S. The highest BCUT2D eigenvalue weighted by molar-refractivity contribution is 7.11. The van der Waals surface area contributed by atoms with Gasteiger partial charge in [-0.2, -0.15) is 0 Å². The predicted octanol–water partition coefficient (Wildman–Crippen LogP) is 3.58. The highest BCUT2D eigenvalue weighted by Crippen LogP contribution is 2.39. The van der Waals surface area contributed by atoms with Crippen LogP contribution < -0.4 is 21.1 Å². The molecule has 142 valence electrons. The molecule has 1 atom stereocenters. The lowest BCUT2D eigenvalue weighted by molar-refractivity contribution is 0.240. The molecule has 0 radical (unpaired) electrons. The Morgan fingerprint density at radius 3 is 2.75 bits per heavy atom. The van der Waals surface area contributed by atoms with Crippen LogP contribution in [0.1, 0.15) is 23.5 Å². The summed E-state index contributed by atoms with van der Waals surface area (Å²) < 4.78 is 5.40. The van der Waals surface area contributed by atoms with Gasteiger partial charge in [-0.05, 0) is 31.2 Å². The van der Waals surface area contributed by atoms with Crippen LogP contribution in [-0.4, -0.2) is 23.1 Å². The lowest BCUT2D eigenvalue weighted by Crippen LogP contribution is -2.43. The van der Waals surface area contributed by atoms with Crippen LogP contribution in [0.4, 0.5) is 10.5 Å². The number of thiazole rings is 1. The summed E-state index contributed by atoms with van der Waals surface area (Å²) in [7, 11) is 1.56. The number of nitrogen functional groups attached to an aromatic ring is 1. The maximum atomic E-state index is 12.1. The molecule has 28 heavy (non-hydrogen) atoms. The number of allylic oxidation sites excluding steroid dienone is 1. The molecule has 2 aromatic heterocycles. The summed E-state index contributed by atoms with van der Waals surface area (Å²) in [6, 6.07) is 10.6. The van der Waals surface area contributed by atoms with Crippen LogP contribution in [0.25, 0.3) is 16.8 Å². The van der Waals surface area contributed by atoms with Crippen LogP contribution in [0, 0.1) is 0 Å². The van der Waals surface area contributed by atoms with Crippen molar-refractivity contribution in [2.45, 2.75) is 13.0 Å². The van der Waals surface area contributed by atoms with Crippen LogP contribution in [0.2, 0.25) is 0 Å². The standard InChI is InChI=1S/C20H19N5O2S/c1-11-16(19-24-15(10-28-19)12-5-7-13(21)8-6-12)17(25-20(26)23-11)14-4-3-9-22-18(14)27-2/h3-10,17H,21H2,1-2H3,(H2,23,25,26). The van der Waals surface area contributed by atoms with Crippen LogP contribution in [0.3, 0.4) is 0 Å². The van der Waals surface area contributed by atoms with Gasteiger partial charge in [-0.3, -0.25) is 0 Å². The van der Waals surface area contributed by atoms with Gasteiger partial charge in [-0.1, -0.05) is 12.1 Å². The summed E-state index contributed by atoms with van der Waals surface area (Å²) in [5.41, 5.74) is 10.7. The largest absolute Gasteiger partial charge is 0.481 e. The SMILES string of the molecule is COc1ncccc1C1NC(=O)NC(C)=C1c1nc(-c2ccc(N)cc2)cs1. The van der Waals surface area contributed by atoms with Crippen LogP contribution >= 0.6 is 11.3 Å². The first-order chi connectivity index (χ1) is 13.6. The van der Waals surface area contributed by atoms with E-state index in [-0.39, 0.29) is 6.03 Å². The monoisotopic (exact) mass is 393 g/mol. The summed E-state index contributed by atoms with van der Waals surface area (Å²) in [5.74, 6) is 0.468. The smallest absolute Gasteiger partial charge is 0.319 e. The van der Waals surface area contributed by atoms with E-state index in [2.05, 4.69) is 15.6 Å². The molecular weight excluding hydrogens is 374 g/mol. The van der Waals surface area contributed by atoms with Gasteiger partial charge in [0.15, 0.2) is 0 Å². The molecule has 0 aliphatic carbocycles. The summed E-state index contributed by atoms with van der Waals surface area (Å²) in [4.78, 5) is 21.2. The fraction of sp³-hybridized carbons (Fsp3) is 0.150. The van der Waals surface area contributed by atoms with Crippen molar-refractivity contribution in [3.63, 3.8) is 0 Å². The zero-order valence-electron chi connectivity index (χ0n) is 15.4. The molecule has 1 aromatic carbocycles. The van der Waals surface area contributed by atoms with Gasteiger partial charge in [0.2, 0.25) is 5.88 Å². The fourth-order valence-electron chi connectivity index (χ4n) is 3.19. The number of hydrogen-bond donors (Lipinski definition) is 3. The van der Waals surface area contributed by atoms with Crippen molar-refractivity contribution in [3.8, 4) is 17.1 Å². The lowest BCUT2D eigenvalue weighted by Gasteiger charge is -2.28. The third-order valence-corrected chi connectivity index (χ3v) is 5.39. The normalized spacial score (nSPS) is 16.5. The van der Waals surface area contributed by atoms with E-state index >= 15 is 0 Å². The lowest BCUT2D eigenvalue weighted by atomic mass is 9.96. The topological polar surface area (TPSA) is 102 Å². The number of ether oxygens (including phenoxy) is 1. The first-order valence-corrected chi connectivity index (χ1v) is 9.54. The Bertz CT molecular complexity index is 1060. The third kappa shape index (κ3) is 3.29. The molecule has 1 aliphatic rings. The van der Waals surface area contributed by atoms with E-state index in [1.54, 1.807) is 13.3 Å². The maximum absolute atomic E-state index is 12.1. The first-order valence-electron chi connectivity index (χ1n) is 8.66. The molecule has 2 amide bonds. The van der Waals surface area contributed by atoms with Crippen LogP contribution in [-0.2, 0) is 0 Å². The number of carbonyl (C=O) groups is 1. The van der Waals surface area contributed by atoms with E-state index in [4.69, 9.17) is 15.5 Å². The van der Waals surface area contributed by atoms with Gasteiger partial charge in [0.05, 0.1) is 18.8 Å². The van der Waals surface area contributed by atoms with Gasteiger partial charge in [0.1, 0.15) is 5.01 Å². The quantitative estimate of drug-likeness (QED) is 0.588. The maximum Gasteiger partial charge on any atom is 0.319 e. The minimum atomic E-state index is -0.414. The average molecular weight is 393 g/mol. The van der Waals surface area contributed by atoms with Gasteiger partial charge in [-0.15, -0.1) is 11.3 Å². The van der Waals surface area contributed by atoms with E-state index < -0.39 is 6.04 Å². The minimum Gasteiger partial charge on any atom is -0.481 e. The van der Waals surface area contributed by atoms with Gasteiger partial charge in [0, 0.05) is 39.7 Å². The van der Waals surface area contributed by atoms with E-state index in [1.165, 1.54) is 11.3 Å². The molecule has 0 fully saturated rings. The molecule has 8 heteroatoms. The second kappa shape index (κ2) is 7.32. The highest BCUT2D eigenvalue weighted by Gasteiger charge is 2.31. The molecule has 0 spiro atoms. The third-order valence-electron chi connectivity index (χ3n) is 4.52. The fourth-order valence-corrected chi connectivity index (χ4v) is 4.15. The van der Waals surface area contributed by atoms with Gasteiger partial charge < -0.3 is 21.1 Å². The van der Waals surface area contributed by atoms with Crippen molar-refractivity contribution in [2.24, 2.45) is 0 Å². The average Bonchev–Trinajstić information content (AvgIpc) is 3.17. The highest BCUT2D eigenvalue weighted by atomic mass is 32.1. The summed E-state index contributed by atoms with van der Waals surface area (Å²) in [6.07, 6.45) is 1.66. The first kappa shape index (κ1) is 18.0. The molecule has 0 bridgehead atoms. The Kier molecular flexibility index (Phi) is 4.70. The molecule has 0 saturated carbocycles. The number of nitrogens with zero attached hydrogens (tertiary/aromatic N) is 2. The molecule has 4 rings (SSSR count). The van der Waals surface area contributed by atoms with E-state index in [0.29, 0.717) is 11.6 Å². The van der Waals surface area contributed by atoms with E-state index in [9.17, 15) is 4.79 Å². The van der Waals surface area contributed by atoms with Crippen molar-refractivity contribution in [2.75, 3.05) is 12.8 Å². The summed E-state index contributed by atoms with van der Waals surface area (Å²) in [6.45, 7) is 1.87. The van der Waals surface area contributed by atoms with Crippen LogP contribution in [0.15, 0.2) is 53.7 Å². The number of nitrogens with two attached hydrogens (primary N) is 1. The number of hydrogen-bond acceptors (Lipinski definition) is 6. The number of benzene rings is 1. The Morgan fingerprint density at radius 1 is 1.21 bits per heavy atom. The molecule has 3 aromatic rings. The molecule has 0 saturated heterocycles. The molecule has 1 unspecified atom stereocenters. The zero-order chi connectivity index (χ0) is 19.7. The minimum absolute atomic E-state index is 0.271. The van der Waals surface area contributed by atoms with Crippen molar-refractivity contribution in [1.82, 2.24) is 20.6 Å². The molecule has 3 heterocycles. The second-order valence-electron chi connectivity index (χ2n) is 6.33. The van der Waals surface area contributed by atoms with Gasteiger partial charge in [0.25, 0.3) is 0 Å². The number of carbonyl (C=O) groups excluding carboxylic acids is 1. The van der Waals surface area contributed by atoms with Crippen molar-refractivity contribution in [3.05, 3.63) is 64.2 Å². The second-order valence-corrected chi connectivity index (χ2v) is 7.19. The molecule has 7 nitrogen and oxygen atoms in total. The zero-order valence-corrected chi connectivity index (χ0v) is 16.2. The number of urea groups is 1. The number of amides is 2. The van der Waals surface area contributed by atoms with Crippen molar-refractivity contribution < 1.29 is 9.53 Å². The van der Waals surface area contributed by atoms with E-state index in [0.717, 1.165) is 33.1 Å². The number of methoxy groups -OCH3 is 1. The van der Waals surface area contributed by atoms with Crippen molar-refractivity contribution in [1.29, 1.82) is 0 Å². The molecule has 1 aliphatic heterocycles. The molecule has 4 N–H and O–H groups in total. The Morgan fingerprint density at radius 2 is 2.00 bits per heavy atom. The van der Waals surface area contributed by atoms with E-state index in [1.807, 2.05) is 48.7 Å². The Labute approximate surface area is 166 Å². The van der Waals surface area contributed by atoms with Gasteiger partial charge >= 0.3 is 6.03 Å². The van der Waals surface area contributed by atoms with Gasteiger partial charge in [-0.25, -0.2) is 14.8 Å². The summed E-state index contributed by atoms with van der Waals surface area (Å²) in [5, 5.41) is 8.61. The number of pyridine rings is 1. The number of rotatable bonds is 4. The van der Waals surface area contributed by atoms with Crippen molar-refractivity contribution >= 4 is 28.6 Å². The summed E-state index contributed by atoms with van der Waals surface area (Å²) >= 11 is 1.52. The number of anilines is 1. The number of aromatic nitrogens is 2. The van der Waals surface area contributed by atoms with Crippen LogP contribution in [0.5, 0.6) is 5.88 Å². The Balaban J connectivity index is 1.78. The number of nitrogens with one attached hydrogen (secondary N) is 2. The Hall–Kier alpha value is -3.39.